The molecule has 0 spiro atoms. The Morgan fingerprint density at radius 1 is 0.568 bits per heavy atom. The molecule has 0 saturated heterocycles. The largest absolute Gasteiger partial charge is 0.453 e. The van der Waals surface area contributed by atoms with Crippen LogP contribution in [0.1, 0.15) is 128 Å². The first kappa shape index (κ1) is 54.9. The second kappa shape index (κ2) is 25.3. The lowest BCUT2D eigenvalue weighted by atomic mass is 9.97. The summed E-state index contributed by atoms with van der Waals surface area (Å²) in [5.41, 5.74) is 1.14. The molecule has 384 valence electrons. The predicted octanol–water partition coefficient (Wildman–Crippen LogP) is 10.5. The highest BCUT2D eigenvalue weighted by Gasteiger charge is 2.34. The zero-order chi connectivity index (χ0) is 53.4. The van der Waals surface area contributed by atoms with Gasteiger partial charge in [0.05, 0.1) is 11.3 Å². The fourth-order valence-electron chi connectivity index (χ4n) is 7.91. The van der Waals surface area contributed by atoms with Crippen LogP contribution in [0, 0.1) is 0 Å². The minimum absolute atomic E-state index is 0.0163. The van der Waals surface area contributed by atoms with Crippen molar-refractivity contribution in [3.8, 4) is 0 Å². The number of ether oxygens (including phenoxy) is 3. The van der Waals surface area contributed by atoms with E-state index >= 15 is 0 Å². The number of esters is 2. The van der Waals surface area contributed by atoms with Crippen molar-refractivity contribution in [2.45, 2.75) is 104 Å². The van der Waals surface area contributed by atoms with Gasteiger partial charge < -0.3 is 30.2 Å². The lowest BCUT2D eigenvalue weighted by Gasteiger charge is -2.27. The number of nitrogens with zero attached hydrogens (tertiary/aromatic N) is 1. The number of carbonyl (C=O) groups excluding carboxylic acids is 7. The van der Waals surface area contributed by atoms with Crippen molar-refractivity contribution in [3.63, 3.8) is 0 Å². The number of alkyl carbamates (subject to hydrolysis) is 1. The molecule has 6 aromatic carbocycles. The summed E-state index contributed by atoms with van der Waals surface area (Å²) in [7, 11) is 0. The highest BCUT2D eigenvalue weighted by molar-refractivity contribution is 6.40. The molecule has 0 bridgehead atoms. The van der Waals surface area contributed by atoms with Crippen molar-refractivity contribution >= 4 is 52.9 Å². The van der Waals surface area contributed by atoms with Crippen molar-refractivity contribution in [2.75, 3.05) is 11.4 Å². The second-order valence-electron chi connectivity index (χ2n) is 19.6. The van der Waals surface area contributed by atoms with Crippen LogP contribution < -0.4 is 20.9 Å². The Hall–Kier alpha value is -8.39. The summed E-state index contributed by atoms with van der Waals surface area (Å²) in [6.07, 6.45) is 0.674. The van der Waals surface area contributed by atoms with Crippen molar-refractivity contribution in [2.24, 2.45) is 0 Å². The molecule has 0 aromatic heterocycles. The fraction of sp³-hybridized carbons (Fsp3) is 0.283. The molecule has 0 saturated carbocycles. The van der Waals surface area contributed by atoms with E-state index in [-0.39, 0.29) is 40.3 Å². The van der Waals surface area contributed by atoms with Gasteiger partial charge in [0.15, 0.2) is 11.9 Å². The SMILES string of the molecule is CCCCCNC(=O)C(Cc1ccc(N(C(=O)C(=O)OC(C)(C)C)c2ccccc2C(=O)OC(c2ccccc2)c2ccccc2)cc1)NC(=O)C(NC(=O)OC(C)(C)C)c1cccc(C(=O)c2ccccc2)c1. The normalized spacial score (nSPS) is 12.1. The molecule has 6 rings (SSSR count). The van der Waals surface area contributed by atoms with Gasteiger partial charge in [0.2, 0.25) is 11.8 Å². The number of nitrogens with one attached hydrogen (secondary N) is 3. The van der Waals surface area contributed by atoms with Gasteiger partial charge in [-0.15, -0.1) is 0 Å². The third kappa shape index (κ3) is 15.6. The van der Waals surface area contributed by atoms with Gasteiger partial charge in [-0.3, -0.25) is 24.1 Å². The highest BCUT2D eigenvalue weighted by atomic mass is 16.6. The Kier molecular flexibility index (Phi) is 18.8. The molecule has 0 aliphatic rings. The monoisotopic (exact) mass is 1000 g/mol. The van der Waals surface area contributed by atoms with Crippen molar-refractivity contribution in [1.82, 2.24) is 16.0 Å². The molecular formula is C60H64N4O10. The summed E-state index contributed by atoms with van der Waals surface area (Å²) >= 11 is 0. The van der Waals surface area contributed by atoms with Crippen LogP contribution in [-0.2, 0) is 39.8 Å². The van der Waals surface area contributed by atoms with E-state index < -0.39 is 65.1 Å². The molecular weight excluding hydrogens is 937 g/mol. The number of amides is 4. The predicted molar refractivity (Wildman–Crippen MR) is 283 cm³/mol. The van der Waals surface area contributed by atoms with Crippen LogP contribution in [0.25, 0.3) is 0 Å². The van der Waals surface area contributed by atoms with E-state index in [2.05, 4.69) is 16.0 Å². The Morgan fingerprint density at radius 3 is 1.72 bits per heavy atom. The highest BCUT2D eigenvalue weighted by Crippen LogP contribution is 2.34. The van der Waals surface area contributed by atoms with Crippen LogP contribution in [0.4, 0.5) is 16.2 Å². The molecule has 6 aromatic rings. The molecule has 14 nitrogen and oxygen atoms in total. The summed E-state index contributed by atoms with van der Waals surface area (Å²) in [4.78, 5) is 99.0. The standard InChI is InChI=1S/C60H64N4O10/c1-8-9-21-37-61-53(66)48(62-54(67)50(63-58(71)74-60(5,6)7)44-29-22-30-45(39-44)51(65)41-23-13-10-14-24-41)38-40-33-35-46(36-34-40)64(55(68)57(70)73-59(2,3)4)49-32-20-19-31-47(49)56(69)72-52(42-25-15-11-16-26-42)43-27-17-12-18-28-43/h10-20,22-36,39,48,50,52H,8-9,21,37-38H2,1-7H3,(H,61,66)(H,62,67)(H,63,71). The van der Waals surface area contributed by atoms with Crippen LogP contribution in [0.3, 0.4) is 0 Å². The molecule has 74 heavy (non-hydrogen) atoms. The summed E-state index contributed by atoms with van der Waals surface area (Å²) in [5, 5.41) is 8.42. The zero-order valence-electron chi connectivity index (χ0n) is 42.9. The molecule has 2 unspecified atom stereocenters. The summed E-state index contributed by atoms with van der Waals surface area (Å²) < 4.78 is 17.3. The van der Waals surface area contributed by atoms with E-state index in [0.717, 1.165) is 17.7 Å². The van der Waals surface area contributed by atoms with Crippen LogP contribution in [-0.4, -0.2) is 65.3 Å². The minimum atomic E-state index is -1.42. The number of hydrogen-bond donors (Lipinski definition) is 3. The topological polar surface area (TPSA) is 187 Å². The Bertz CT molecular complexity index is 2860. The maximum atomic E-state index is 14.6. The first-order valence-electron chi connectivity index (χ1n) is 24.7. The van der Waals surface area contributed by atoms with Crippen LogP contribution in [0.15, 0.2) is 164 Å². The number of ketones is 1. The fourth-order valence-corrected chi connectivity index (χ4v) is 7.91. The molecule has 4 amide bonds. The summed E-state index contributed by atoms with van der Waals surface area (Å²) in [6.45, 7) is 12.3. The van der Waals surface area contributed by atoms with Crippen molar-refractivity contribution in [1.29, 1.82) is 0 Å². The molecule has 0 radical (unpaired) electrons. The van der Waals surface area contributed by atoms with Crippen LogP contribution in [0.5, 0.6) is 0 Å². The molecule has 14 heteroatoms. The lowest BCUT2D eigenvalue weighted by molar-refractivity contribution is -0.162. The number of anilines is 2. The van der Waals surface area contributed by atoms with Gasteiger partial charge in [0.1, 0.15) is 23.3 Å². The average Bonchev–Trinajstić information content (AvgIpc) is 3.38. The van der Waals surface area contributed by atoms with E-state index in [1.54, 1.807) is 126 Å². The third-order valence-corrected chi connectivity index (χ3v) is 11.4. The minimum Gasteiger partial charge on any atom is -0.453 e. The van der Waals surface area contributed by atoms with E-state index in [1.165, 1.54) is 18.2 Å². The molecule has 3 N–H and O–H groups in total. The number of rotatable bonds is 19. The van der Waals surface area contributed by atoms with E-state index in [1.807, 2.05) is 67.6 Å². The van der Waals surface area contributed by atoms with Gasteiger partial charge in [-0.05, 0) is 101 Å². The first-order valence-corrected chi connectivity index (χ1v) is 24.7. The van der Waals surface area contributed by atoms with Gasteiger partial charge in [0.25, 0.3) is 0 Å². The van der Waals surface area contributed by atoms with Crippen LogP contribution >= 0.6 is 0 Å². The Balaban J connectivity index is 1.34. The lowest BCUT2D eigenvalue weighted by Crippen LogP contribution is -2.52. The number of para-hydroxylation sites is 1. The molecule has 0 heterocycles. The van der Waals surface area contributed by atoms with Gasteiger partial charge in [0, 0.05) is 29.8 Å². The van der Waals surface area contributed by atoms with Crippen molar-refractivity contribution < 1.29 is 47.8 Å². The van der Waals surface area contributed by atoms with Crippen molar-refractivity contribution in [3.05, 3.63) is 203 Å². The second-order valence-corrected chi connectivity index (χ2v) is 19.6. The third-order valence-electron chi connectivity index (χ3n) is 11.4. The maximum absolute atomic E-state index is 14.6. The average molecular weight is 1000 g/mol. The van der Waals surface area contributed by atoms with Gasteiger partial charge in [-0.25, -0.2) is 14.4 Å². The van der Waals surface area contributed by atoms with E-state index in [4.69, 9.17) is 14.2 Å². The number of carbonyl (C=O) groups is 7. The first-order chi connectivity index (χ1) is 35.3. The Morgan fingerprint density at radius 2 is 1.12 bits per heavy atom. The van der Waals surface area contributed by atoms with Crippen LogP contribution in [0.2, 0.25) is 0 Å². The summed E-state index contributed by atoms with van der Waals surface area (Å²) in [5.74, 6) is -4.60. The van der Waals surface area contributed by atoms with Gasteiger partial charge in [-0.1, -0.05) is 153 Å². The van der Waals surface area contributed by atoms with E-state index in [0.29, 0.717) is 35.2 Å². The van der Waals surface area contributed by atoms with Gasteiger partial charge >= 0.3 is 23.9 Å². The number of benzene rings is 6. The molecule has 2 atom stereocenters. The Labute approximate surface area is 432 Å². The maximum Gasteiger partial charge on any atom is 0.408 e. The molecule has 0 aliphatic carbocycles. The quantitative estimate of drug-likeness (QED) is 0.0232. The smallest absolute Gasteiger partial charge is 0.408 e. The zero-order valence-corrected chi connectivity index (χ0v) is 42.9. The molecule has 0 fully saturated rings. The van der Waals surface area contributed by atoms with Gasteiger partial charge in [-0.2, -0.15) is 0 Å². The number of hydrogen-bond acceptors (Lipinski definition) is 10. The number of unbranched alkanes of at least 4 members (excludes halogenated alkanes) is 2. The van der Waals surface area contributed by atoms with E-state index in [9.17, 15) is 33.6 Å². The summed E-state index contributed by atoms with van der Waals surface area (Å²) in [6, 6.07) is 43.4. The molecule has 0 aliphatic heterocycles.